The third-order valence-corrected chi connectivity index (χ3v) is 10.9. The maximum atomic E-state index is 2.44. The van der Waals surface area contributed by atoms with Gasteiger partial charge in [-0.05, 0) is 78.9 Å². The Balaban J connectivity index is 1.39. The third-order valence-electron chi connectivity index (χ3n) is 9.66. The van der Waals surface area contributed by atoms with E-state index in [1.54, 1.807) is 0 Å². The molecule has 0 saturated carbocycles. The Bertz CT molecular complexity index is 2640. The van der Waals surface area contributed by atoms with Crippen LogP contribution in [0.3, 0.4) is 0 Å². The Morgan fingerprint density at radius 1 is 0.367 bits per heavy atom. The zero-order valence-electron chi connectivity index (χ0n) is 27.5. The van der Waals surface area contributed by atoms with E-state index < -0.39 is 0 Å². The number of rotatable bonds is 6. The van der Waals surface area contributed by atoms with Crippen molar-refractivity contribution in [2.45, 2.75) is 13.8 Å². The SMILES string of the molecule is Cc1ccccc1N(c1ccccc1)c1cc2c(sc3cc(N(c4ccccc4)c4ccccc4C)c4ccccc4c32)c2ccccc12. The van der Waals surface area contributed by atoms with Gasteiger partial charge in [-0.25, -0.2) is 0 Å². The van der Waals surface area contributed by atoms with Crippen LogP contribution in [0.25, 0.3) is 41.7 Å². The quantitative estimate of drug-likeness (QED) is 0.177. The largest absolute Gasteiger partial charge is 0.310 e. The lowest BCUT2D eigenvalue weighted by molar-refractivity contribution is 1.26. The topological polar surface area (TPSA) is 6.48 Å². The second-order valence-corrected chi connectivity index (χ2v) is 13.7. The van der Waals surface area contributed by atoms with E-state index in [0.717, 1.165) is 11.4 Å². The van der Waals surface area contributed by atoms with Crippen LogP contribution in [0.15, 0.2) is 170 Å². The monoisotopic (exact) mass is 646 g/mol. The molecule has 0 spiro atoms. The maximum absolute atomic E-state index is 2.44. The van der Waals surface area contributed by atoms with Gasteiger partial charge in [0.05, 0.1) is 11.4 Å². The van der Waals surface area contributed by atoms with E-state index in [9.17, 15) is 0 Å². The van der Waals surface area contributed by atoms with E-state index in [0.29, 0.717) is 0 Å². The summed E-state index contributed by atoms with van der Waals surface area (Å²) < 4.78 is 2.60. The average molecular weight is 647 g/mol. The minimum atomic E-state index is 1.14. The minimum absolute atomic E-state index is 1.14. The second kappa shape index (κ2) is 12.0. The van der Waals surface area contributed by atoms with Gasteiger partial charge in [0, 0.05) is 59.1 Å². The fraction of sp³-hybridized carbons (Fsp3) is 0.0435. The summed E-state index contributed by atoms with van der Waals surface area (Å²) in [5.41, 5.74) is 9.49. The first-order valence-electron chi connectivity index (χ1n) is 16.8. The van der Waals surface area contributed by atoms with Crippen molar-refractivity contribution in [3.05, 3.63) is 181 Å². The molecule has 1 aromatic heterocycles. The molecule has 1 heterocycles. The molecule has 0 saturated heterocycles. The smallest absolute Gasteiger partial charge is 0.0554 e. The fourth-order valence-corrected chi connectivity index (χ4v) is 8.66. The Morgan fingerprint density at radius 3 is 1.35 bits per heavy atom. The molecule has 3 heteroatoms. The zero-order valence-corrected chi connectivity index (χ0v) is 28.3. The second-order valence-electron chi connectivity index (χ2n) is 12.6. The molecule has 0 N–H and O–H groups in total. The summed E-state index contributed by atoms with van der Waals surface area (Å²) in [6, 6.07) is 61.6. The number of nitrogens with zero attached hydrogens (tertiary/aromatic N) is 2. The first-order chi connectivity index (χ1) is 24.2. The molecule has 0 fully saturated rings. The highest BCUT2D eigenvalue weighted by molar-refractivity contribution is 7.27. The first kappa shape index (κ1) is 29.3. The molecular weight excluding hydrogens is 613 g/mol. The van der Waals surface area contributed by atoms with E-state index in [4.69, 9.17) is 0 Å². The van der Waals surface area contributed by atoms with Crippen LogP contribution in [-0.4, -0.2) is 0 Å². The van der Waals surface area contributed by atoms with Crippen molar-refractivity contribution >= 4 is 87.2 Å². The summed E-state index contributed by atoms with van der Waals surface area (Å²) in [6.45, 7) is 4.40. The molecule has 9 rings (SSSR count). The normalized spacial score (nSPS) is 11.5. The molecule has 0 aliphatic carbocycles. The van der Waals surface area contributed by atoms with Crippen molar-refractivity contribution in [1.29, 1.82) is 0 Å². The summed E-state index contributed by atoms with van der Waals surface area (Å²) in [5, 5.41) is 7.60. The molecular formula is C46H34N2S. The first-order valence-corrected chi connectivity index (χ1v) is 17.6. The van der Waals surface area contributed by atoms with Crippen LogP contribution in [-0.2, 0) is 0 Å². The maximum Gasteiger partial charge on any atom is 0.0554 e. The predicted octanol–water partition coefficient (Wildman–Crippen LogP) is 13.9. The van der Waals surface area contributed by atoms with Crippen LogP contribution in [0.4, 0.5) is 34.1 Å². The molecule has 49 heavy (non-hydrogen) atoms. The Morgan fingerprint density at radius 2 is 0.796 bits per heavy atom. The van der Waals surface area contributed by atoms with Crippen molar-refractivity contribution < 1.29 is 0 Å². The lowest BCUT2D eigenvalue weighted by Gasteiger charge is -2.29. The molecule has 0 aliphatic rings. The van der Waals surface area contributed by atoms with E-state index in [1.807, 2.05) is 11.3 Å². The van der Waals surface area contributed by atoms with Crippen LogP contribution in [0.5, 0.6) is 0 Å². The van der Waals surface area contributed by atoms with Crippen molar-refractivity contribution in [3.63, 3.8) is 0 Å². The van der Waals surface area contributed by atoms with E-state index in [2.05, 4.69) is 194 Å². The van der Waals surface area contributed by atoms with Gasteiger partial charge in [0.25, 0.3) is 0 Å². The molecule has 234 valence electrons. The molecule has 0 unspecified atom stereocenters. The predicted molar refractivity (Wildman–Crippen MR) is 213 cm³/mol. The van der Waals surface area contributed by atoms with Gasteiger partial charge >= 0.3 is 0 Å². The standard InChI is InChI=1S/C46H34N2S/c1-31-17-9-15-27-40(31)47(33-19-5-3-6-20-33)42-29-39-45-37-25-13-11-23-35(37)43(30-44(45)49-46(39)38-26-14-12-24-36(38)42)48(34-21-7-4-8-22-34)41-28-16-10-18-32(41)2/h3-30H,1-2H3. The summed E-state index contributed by atoms with van der Waals surface area (Å²) in [5.74, 6) is 0. The molecule has 0 aliphatic heterocycles. The highest BCUT2D eigenvalue weighted by Gasteiger charge is 2.23. The van der Waals surface area contributed by atoms with Gasteiger partial charge in [-0.1, -0.05) is 121 Å². The van der Waals surface area contributed by atoms with Crippen LogP contribution in [0.1, 0.15) is 11.1 Å². The lowest BCUT2D eigenvalue weighted by Crippen LogP contribution is -2.12. The Kier molecular flexibility index (Phi) is 7.14. The lowest BCUT2D eigenvalue weighted by atomic mass is 9.97. The van der Waals surface area contributed by atoms with Gasteiger partial charge in [0.1, 0.15) is 0 Å². The van der Waals surface area contributed by atoms with Gasteiger partial charge in [0.2, 0.25) is 0 Å². The summed E-state index contributed by atoms with van der Waals surface area (Å²) in [4.78, 5) is 4.87. The van der Waals surface area contributed by atoms with E-state index in [1.165, 1.54) is 75.6 Å². The van der Waals surface area contributed by atoms with Crippen LogP contribution < -0.4 is 9.80 Å². The summed E-state index contributed by atoms with van der Waals surface area (Å²) in [6.07, 6.45) is 0. The average Bonchev–Trinajstić information content (AvgIpc) is 3.53. The molecule has 2 nitrogen and oxygen atoms in total. The highest BCUT2D eigenvalue weighted by Crippen LogP contribution is 2.51. The number of fused-ring (bicyclic) bond motifs is 7. The zero-order chi connectivity index (χ0) is 32.9. The number of benzene rings is 8. The van der Waals surface area contributed by atoms with Crippen LogP contribution >= 0.6 is 11.3 Å². The third kappa shape index (κ3) is 4.85. The van der Waals surface area contributed by atoms with Crippen molar-refractivity contribution in [1.82, 2.24) is 0 Å². The van der Waals surface area contributed by atoms with Crippen molar-refractivity contribution in [2.75, 3.05) is 9.80 Å². The number of aryl methyl sites for hydroxylation is 2. The summed E-state index contributed by atoms with van der Waals surface area (Å²) in [7, 11) is 0. The van der Waals surface area contributed by atoms with E-state index >= 15 is 0 Å². The van der Waals surface area contributed by atoms with E-state index in [-0.39, 0.29) is 0 Å². The Labute approximate surface area is 290 Å². The van der Waals surface area contributed by atoms with Gasteiger partial charge < -0.3 is 9.80 Å². The highest BCUT2D eigenvalue weighted by atomic mass is 32.1. The Hall–Kier alpha value is -5.90. The van der Waals surface area contributed by atoms with Crippen LogP contribution in [0.2, 0.25) is 0 Å². The van der Waals surface area contributed by atoms with Gasteiger partial charge in [-0.2, -0.15) is 0 Å². The molecule has 0 atom stereocenters. The number of para-hydroxylation sites is 4. The number of hydrogen-bond acceptors (Lipinski definition) is 3. The van der Waals surface area contributed by atoms with Gasteiger partial charge in [0.15, 0.2) is 0 Å². The van der Waals surface area contributed by atoms with Crippen molar-refractivity contribution in [3.8, 4) is 0 Å². The molecule has 0 bridgehead atoms. The minimum Gasteiger partial charge on any atom is -0.310 e. The molecule has 0 amide bonds. The van der Waals surface area contributed by atoms with Crippen molar-refractivity contribution in [2.24, 2.45) is 0 Å². The van der Waals surface area contributed by atoms with Crippen LogP contribution in [0, 0.1) is 13.8 Å². The molecule has 0 radical (unpaired) electrons. The summed E-state index contributed by atoms with van der Waals surface area (Å²) >= 11 is 1.90. The fourth-order valence-electron chi connectivity index (χ4n) is 7.39. The number of thiophene rings is 1. The van der Waals surface area contributed by atoms with Gasteiger partial charge in [-0.15, -0.1) is 11.3 Å². The number of anilines is 6. The molecule has 9 aromatic rings. The van der Waals surface area contributed by atoms with Gasteiger partial charge in [-0.3, -0.25) is 0 Å². The molecule has 8 aromatic carbocycles. The number of hydrogen-bond donors (Lipinski definition) is 0.